The van der Waals surface area contributed by atoms with Crippen LogP contribution in [0, 0.1) is 0 Å². The molecule has 2 atom stereocenters. The van der Waals surface area contributed by atoms with Gasteiger partial charge in [0.15, 0.2) is 5.71 Å². The first-order valence-corrected chi connectivity index (χ1v) is 4.80. The number of carbonyl (C=O) groups is 2. The number of nitrogens with zero attached hydrogens (tertiary/aromatic N) is 1. The normalized spacial score (nSPS) is 20.9. The van der Waals surface area contributed by atoms with Crippen molar-refractivity contribution in [1.82, 2.24) is 5.32 Å². The molecule has 0 aromatic carbocycles. The second-order valence-corrected chi connectivity index (χ2v) is 3.51. The number of hydrogen-bond donors (Lipinski definition) is 2. The number of rotatable bonds is 5. The predicted molar refractivity (Wildman–Crippen MR) is 54.0 cm³/mol. The van der Waals surface area contributed by atoms with Crippen LogP contribution in [0.15, 0.2) is 5.16 Å². The number of methoxy groups -OCH3 is 1. The van der Waals surface area contributed by atoms with Crippen LogP contribution < -0.4 is 5.32 Å². The molecule has 1 aliphatic rings. The summed E-state index contributed by atoms with van der Waals surface area (Å²) in [6.45, 7) is 2.15. The number of oxime groups is 1. The second-order valence-electron chi connectivity index (χ2n) is 3.51. The van der Waals surface area contributed by atoms with Crippen LogP contribution >= 0.6 is 0 Å². The van der Waals surface area contributed by atoms with Crippen LogP contribution in [0.4, 0.5) is 0 Å². The van der Waals surface area contributed by atoms with Crippen LogP contribution in [0.25, 0.3) is 0 Å². The molecular formula is C9H14N2O5. The van der Waals surface area contributed by atoms with E-state index in [1.807, 2.05) is 0 Å². The summed E-state index contributed by atoms with van der Waals surface area (Å²) in [5.74, 6) is -1.55. The highest BCUT2D eigenvalue weighted by Gasteiger charge is 2.31. The van der Waals surface area contributed by atoms with E-state index in [0.717, 1.165) is 0 Å². The van der Waals surface area contributed by atoms with Crippen LogP contribution in [0.1, 0.15) is 13.3 Å². The highest BCUT2D eigenvalue weighted by atomic mass is 16.6. The SMILES string of the molecule is COCC(C)NC(=O)C1CC(C(=O)O)=NO1. The van der Waals surface area contributed by atoms with Crippen molar-refractivity contribution >= 4 is 17.6 Å². The molecule has 0 aromatic heterocycles. The van der Waals surface area contributed by atoms with Gasteiger partial charge in [-0.2, -0.15) is 0 Å². The molecule has 0 aliphatic carbocycles. The third kappa shape index (κ3) is 3.20. The number of amides is 1. The first kappa shape index (κ1) is 12.4. The van der Waals surface area contributed by atoms with Crippen LogP contribution in [-0.4, -0.2) is 48.6 Å². The highest BCUT2D eigenvalue weighted by Crippen LogP contribution is 2.10. The van der Waals surface area contributed by atoms with Gasteiger partial charge in [-0.25, -0.2) is 4.79 Å². The fraction of sp³-hybridized carbons (Fsp3) is 0.667. The van der Waals surface area contributed by atoms with Crippen molar-refractivity contribution < 1.29 is 24.3 Å². The van der Waals surface area contributed by atoms with E-state index in [0.29, 0.717) is 6.61 Å². The van der Waals surface area contributed by atoms with Crippen molar-refractivity contribution in [2.45, 2.75) is 25.5 Å². The zero-order valence-electron chi connectivity index (χ0n) is 9.10. The van der Waals surface area contributed by atoms with E-state index >= 15 is 0 Å². The highest BCUT2D eigenvalue weighted by molar-refractivity contribution is 6.36. The summed E-state index contributed by atoms with van der Waals surface area (Å²) in [6.07, 6.45) is -0.869. The van der Waals surface area contributed by atoms with Gasteiger partial charge < -0.3 is 20.0 Å². The first-order valence-electron chi connectivity index (χ1n) is 4.80. The molecule has 0 radical (unpaired) electrons. The number of hydrogen-bond acceptors (Lipinski definition) is 5. The zero-order valence-corrected chi connectivity index (χ0v) is 9.10. The Morgan fingerprint density at radius 3 is 2.94 bits per heavy atom. The number of carboxylic acid groups (broad SMARTS) is 1. The van der Waals surface area contributed by atoms with Gasteiger partial charge in [0.1, 0.15) is 0 Å². The second kappa shape index (κ2) is 5.45. The average molecular weight is 230 g/mol. The Labute approximate surface area is 92.4 Å². The summed E-state index contributed by atoms with van der Waals surface area (Å²) < 4.78 is 4.85. The standard InChI is InChI=1S/C9H14N2O5/c1-5(4-15-2)10-8(12)7-3-6(9(13)14)11-16-7/h5,7H,3-4H2,1-2H3,(H,10,12)(H,13,14). The Kier molecular flexibility index (Phi) is 4.24. The lowest BCUT2D eigenvalue weighted by atomic mass is 10.1. The molecule has 2 unspecified atom stereocenters. The molecule has 2 N–H and O–H groups in total. The van der Waals surface area contributed by atoms with Gasteiger partial charge in [0.2, 0.25) is 6.10 Å². The van der Waals surface area contributed by atoms with Gasteiger partial charge in [0.25, 0.3) is 5.91 Å². The van der Waals surface area contributed by atoms with Gasteiger partial charge >= 0.3 is 5.97 Å². The predicted octanol–water partition coefficient (Wildman–Crippen LogP) is -0.633. The van der Waals surface area contributed by atoms with Gasteiger partial charge in [-0.1, -0.05) is 5.16 Å². The van der Waals surface area contributed by atoms with E-state index < -0.39 is 12.1 Å². The smallest absolute Gasteiger partial charge is 0.353 e. The third-order valence-corrected chi connectivity index (χ3v) is 2.01. The van der Waals surface area contributed by atoms with Crippen molar-refractivity contribution in [3.05, 3.63) is 0 Å². The summed E-state index contributed by atoms with van der Waals surface area (Å²) in [5, 5.41) is 14.6. The Morgan fingerprint density at radius 1 is 1.75 bits per heavy atom. The fourth-order valence-electron chi connectivity index (χ4n) is 1.27. The lowest BCUT2D eigenvalue weighted by molar-refractivity contribution is -0.132. The molecular weight excluding hydrogens is 216 g/mol. The Bertz CT molecular complexity index is 315. The summed E-state index contributed by atoms with van der Waals surface area (Å²) >= 11 is 0. The molecule has 1 amide bonds. The molecule has 16 heavy (non-hydrogen) atoms. The maximum atomic E-state index is 11.5. The van der Waals surface area contributed by atoms with E-state index in [1.54, 1.807) is 6.92 Å². The molecule has 90 valence electrons. The lowest BCUT2D eigenvalue weighted by Crippen LogP contribution is -2.42. The van der Waals surface area contributed by atoms with E-state index in [2.05, 4.69) is 10.5 Å². The van der Waals surface area contributed by atoms with Crippen molar-refractivity contribution in [2.24, 2.45) is 5.16 Å². The van der Waals surface area contributed by atoms with Crippen LogP contribution in [0.2, 0.25) is 0 Å². The molecule has 7 nitrogen and oxygen atoms in total. The van der Waals surface area contributed by atoms with Gasteiger partial charge in [0.05, 0.1) is 6.61 Å². The third-order valence-electron chi connectivity index (χ3n) is 2.01. The van der Waals surface area contributed by atoms with E-state index in [4.69, 9.17) is 14.7 Å². The quantitative estimate of drug-likeness (QED) is 0.655. The Balaban J connectivity index is 2.38. The molecule has 0 bridgehead atoms. The maximum Gasteiger partial charge on any atom is 0.353 e. The number of nitrogens with one attached hydrogen (secondary N) is 1. The molecule has 0 saturated carbocycles. The van der Waals surface area contributed by atoms with E-state index in [-0.39, 0.29) is 24.1 Å². The first-order chi connectivity index (χ1) is 7.54. The van der Waals surface area contributed by atoms with Crippen molar-refractivity contribution in [1.29, 1.82) is 0 Å². The van der Waals surface area contributed by atoms with Crippen LogP contribution in [0.3, 0.4) is 0 Å². The summed E-state index contributed by atoms with van der Waals surface area (Å²) in [4.78, 5) is 26.8. The van der Waals surface area contributed by atoms with Gasteiger partial charge in [-0.05, 0) is 6.92 Å². The lowest BCUT2D eigenvalue weighted by Gasteiger charge is -2.14. The topological polar surface area (TPSA) is 97.2 Å². The van der Waals surface area contributed by atoms with Crippen LogP contribution in [0.5, 0.6) is 0 Å². The van der Waals surface area contributed by atoms with E-state index in [9.17, 15) is 9.59 Å². The average Bonchev–Trinajstić information content (AvgIpc) is 2.66. The largest absolute Gasteiger partial charge is 0.477 e. The molecule has 7 heteroatoms. The summed E-state index contributed by atoms with van der Waals surface area (Å²) in [6, 6.07) is -0.157. The van der Waals surface area contributed by atoms with E-state index in [1.165, 1.54) is 7.11 Å². The van der Waals surface area contributed by atoms with Crippen molar-refractivity contribution in [3.8, 4) is 0 Å². The maximum absolute atomic E-state index is 11.5. The van der Waals surface area contributed by atoms with Crippen molar-refractivity contribution in [2.75, 3.05) is 13.7 Å². The minimum atomic E-state index is -1.17. The molecule has 0 saturated heterocycles. The van der Waals surface area contributed by atoms with Gasteiger partial charge in [-0.15, -0.1) is 0 Å². The molecule has 0 fully saturated rings. The molecule has 0 spiro atoms. The molecule has 0 aromatic rings. The minimum Gasteiger partial charge on any atom is -0.477 e. The van der Waals surface area contributed by atoms with Gasteiger partial charge in [-0.3, -0.25) is 4.79 Å². The van der Waals surface area contributed by atoms with Gasteiger partial charge in [0, 0.05) is 19.6 Å². The fourth-order valence-corrected chi connectivity index (χ4v) is 1.27. The molecule has 1 aliphatic heterocycles. The summed E-state index contributed by atoms with van der Waals surface area (Å²) in [5.41, 5.74) is -0.139. The number of aliphatic carboxylic acids is 1. The Hall–Kier alpha value is -1.63. The van der Waals surface area contributed by atoms with Crippen molar-refractivity contribution in [3.63, 3.8) is 0 Å². The number of ether oxygens (including phenoxy) is 1. The molecule has 1 rings (SSSR count). The summed E-state index contributed by atoms with van der Waals surface area (Å²) in [7, 11) is 1.53. The minimum absolute atomic E-state index is 0.0130. The number of carbonyl (C=O) groups excluding carboxylic acids is 1. The zero-order chi connectivity index (χ0) is 12.1. The number of carboxylic acids is 1. The molecule has 1 heterocycles. The Morgan fingerprint density at radius 2 is 2.44 bits per heavy atom. The monoisotopic (exact) mass is 230 g/mol. The van der Waals surface area contributed by atoms with Crippen LogP contribution in [-0.2, 0) is 19.2 Å².